The van der Waals surface area contributed by atoms with Crippen molar-refractivity contribution in [3.05, 3.63) is 54.2 Å². The average molecular weight is 238 g/mol. The largest absolute Gasteiger partial charge is 0.310 e. The van der Waals surface area contributed by atoms with Gasteiger partial charge >= 0.3 is 0 Å². The Labute approximate surface area is 108 Å². The molecule has 0 saturated carbocycles. The van der Waals surface area contributed by atoms with Crippen LogP contribution in [0.3, 0.4) is 0 Å². The van der Waals surface area contributed by atoms with Gasteiger partial charge in [0.05, 0.1) is 5.52 Å². The third-order valence-electron chi connectivity index (χ3n) is 3.51. The molecule has 1 aliphatic carbocycles. The van der Waals surface area contributed by atoms with Gasteiger partial charge in [0.2, 0.25) is 0 Å². The van der Waals surface area contributed by atoms with Crippen molar-refractivity contribution in [3.63, 3.8) is 0 Å². The van der Waals surface area contributed by atoms with Crippen LogP contribution in [0, 0.1) is 0 Å². The van der Waals surface area contributed by atoms with Crippen molar-refractivity contribution in [2.75, 3.05) is 0 Å². The number of pyridine rings is 1. The van der Waals surface area contributed by atoms with E-state index >= 15 is 0 Å². The smallest absolute Gasteiger partial charge is 0.0702 e. The molecule has 0 radical (unpaired) electrons. The summed E-state index contributed by atoms with van der Waals surface area (Å²) >= 11 is 0. The van der Waals surface area contributed by atoms with Crippen LogP contribution in [0.25, 0.3) is 10.9 Å². The Morgan fingerprint density at radius 3 is 3.06 bits per heavy atom. The molecule has 0 fully saturated rings. The summed E-state index contributed by atoms with van der Waals surface area (Å²) in [7, 11) is 0. The van der Waals surface area contributed by atoms with E-state index in [-0.39, 0.29) is 0 Å². The van der Waals surface area contributed by atoms with E-state index in [0.717, 1.165) is 18.5 Å². The molecule has 1 heterocycles. The lowest BCUT2D eigenvalue weighted by Crippen LogP contribution is -2.29. The van der Waals surface area contributed by atoms with Crippen LogP contribution in [0.4, 0.5) is 0 Å². The van der Waals surface area contributed by atoms with Crippen LogP contribution < -0.4 is 5.32 Å². The molecule has 18 heavy (non-hydrogen) atoms. The van der Waals surface area contributed by atoms with E-state index in [1.165, 1.54) is 23.8 Å². The fraction of sp³-hybridized carbons (Fsp3) is 0.312. The number of rotatable bonds is 3. The molecule has 1 aromatic carbocycles. The lowest BCUT2D eigenvalue weighted by atomic mass is 10.0. The Morgan fingerprint density at radius 1 is 1.22 bits per heavy atom. The minimum absolute atomic E-state index is 0.626. The molecule has 1 unspecified atom stereocenters. The van der Waals surface area contributed by atoms with E-state index in [9.17, 15) is 0 Å². The third-order valence-corrected chi connectivity index (χ3v) is 3.51. The van der Waals surface area contributed by atoms with Crippen molar-refractivity contribution in [1.29, 1.82) is 0 Å². The zero-order valence-corrected chi connectivity index (χ0v) is 10.5. The Hall–Kier alpha value is -1.67. The minimum atomic E-state index is 0.626. The highest BCUT2D eigenvalue weighted by molar-refractivity contribution is 5.78. The van der Waals surface area contributed by atoms with Crippen LogP contribution in [0.2, 0.25) is 0 Å². The van der Waals surface area contributed by atoms with Gasteiger partial charge in [-0.15, -0.1) is 0 Å². The Bertz CT molecular complexity index is 560. The maximum absolute atomic E-state index is 4.49. The molecule has 1 atom stereocenters. The average Bonchev–Trinajstić information content (AvgIpc) is 2.46. The number of nitrogens with one attached hydrogen (secondary N) is 1. The zero-order chi connectivity index (χ0) is 12.2. The molecule has 0 amide bonds. The molecule has 2 aromatic rings. The molecule has 3 rings (SSSR count). The van der Waals surface area contributed by atoms with Gasteiger partial charge in [0.15, 0.2) is 0 Å². The number of para-hydroxylation sites is 1. The topological polar surface area (TPSA) is 24.9 Å². The highest BCUT2D eigenvalue weighted by Gasteiger charge is 2.08. The molecule has 92 valence electrons. The monoisotopic (exact) mass is 238 g/mol. The Balaban J connectivity index is 1.69. The van der Waals surface area contributed by atoms with Gasteiger partial charge in [-0.2, -0.15) is 0 Å². The lowest BCUT2D eigenvalue weighted by molar-refractivity contribution is 0.474. The van der Waals surface area contributed by atoms with E-state index in [2.05, 4.69) is 46.7 Å². The van der Waals surface area contributed by atoms with Crippen LogP contribution >= 0.6 is 0 Å². The first-order valence-electron chi connectivity index (χ1n) is 6.64. The number of allylic oxidation sites excluding steroid dienone is 1. The highest BCUT2D eigenvalue weighted by atomic mass is 14.9. The van der Waals surface area contributed by atoms with Crippen LogP contribution in [-0.2, 0) is 6.54 Å². The second kappa shape index (κ2) is 5.32. The standard InChI is InChI=1S/C16H18N2/c1-2-7-15(8-3-1)17-11-13-10-14-6-4-5-9-16(14)18-12-13/h1-2,4-6,9-10,12,15,17H,3,7-8,11H2. The summed E-state index contributed by atoms with van der Waals surface area (Å²) in [6.07, 6.45) is 10.1. The first-order chi connectivity index (χ1) is 8.92. The number of nitrogens with zero attached hydrogens (tertiary/aromatic N) is 1. The van der Waals surface area contributed by atoms with Gasteiger partial charge in [0.25, 0.3) is 0 Å². The molecular weight excluding hydrogens is 220 g/mol. The van der Waals surface area contributed by atoms with Gasteiger partial charge in [0.1, 0.15) is 0 Å². The fourth-order valence-corrected chi connectivity index (χ4v) is 2.45. The molecule has 0 aliphatic heterocycles. The SMILES string of the molecule is C1=CCC(NCc2cnc3ccccc3c2)CC1. The quantitative estimate of drug-likeness (QED) is 0.829. The van der Waals surface area contributed by atoms with Crippen LogP contribution in [0.5, 0.6) is 0 Å². The predicted molar refractivity (Wildman–Crippen MR) is 75.4 cm³/mol. The molecular formula is C16H18N2. The van der Waals surface area contributed by atoms with Crippen molar-refractivity contribution in [2.45, 2.75) is 31.8 Å². The van der Waals surface area contributed by atoms with Gasteiger partial charge in [-0.05, 0) is 37.0 Å². The molecule has 0 bridgehead atoms. The van der Waals surface area contributed by atoms with Crippen LogP contribution in [-0.4, -0.2) is 11.0 Å². The molecule has 0 saturated heterocycles. The molecule has 2 heteroatoms. The van der Waals surface area contributed by atoms with Crippen molar-refractivity contribution < 1.29 is 0 Å². The summed E-state index contributed by atoms with van der Waals surface area (Å²) in [5.74, 6) is 0. The van der Waals surface area contributed by atoms with Gasteiger partial charge in [0, 0.05) is 24.2 Å². The van der Waals surface area contributed by atoms with Crippen molar-refractivity contribution in [2.24, 2.45) is 0 Å². The lowest BCUT2D eigenvalue weighted by Gasteiger charge is -2.19. The van der Waals surface area contributed by atoms with Crippen LogP contribution in [0.1, 0.15) is 24.8 Å². The summed E-state index contributed by atoms with van der Waals surface area (Å²) in [4.78, 5) is 4.49. The van der Waals surface area contributed by atoms with Crippen LogP contribution in [0.15, 0.2) is 48.7 Å². The van der Waals surface area contributed by atoms with E-state index < -0.39 is 0 Å². The summed E-state index contributed by atoms with van der Waals surface area (Å²) in [5.41, 5.74) is 2.34. The van der Waals surface area contributed by atoms with E-state index in [1.807, 2.05) is 12.3 Å². The number of fused-ring (bicyclic) bond motifs is 1. The van der Waals surface area contributed by atoms with Gasteiger partial charge in [-0.3, -0.25) is 4.98 Å². The first-order valence-corrected chi connectivity index (χ1v) is 6.64. The van der Waals surface area contributed by atoms with Crippen molar-refractivity contribution in [1.82, 2.24) is 10.3 Å². The maximum Gasteiger partial charge on any atom is 0.0702 e. The van der Waals surface area contributed by atoms with Crippen molar-refractivity contribution in [3.8, 4) is 0 Å². The van der Waals surface area contributed by atoms with Gasteiger partial charge in [-0.25, -0.2) is 0 Å². The summed E-state index contributed by atoms with van der Waals surface area (Å²) < 4.78 is 0. The molecule has 0 spiro atoms. The minimum Gasteiger partial charge on any atom is -0.310 e. The molecule has 1 N–H and O–H groups in total. The van der Waals surface area contributed by atoms with Crippen molar-refractivity contribution >= 4 is 10.9 Å². The van der Waals surface area contributed by atoms with Gasteiger partial charge in [-0.1, -0.05) is 30.4 Å². The third kappa shape index (κ3) is 2.59. The van der Waals surface area contributed by atoms with Gasteiger partial charge < -0.3 is 5.32 Å². The molecule has 1 aliphatic rings. The molecule has 2 nitrogen and oxygen atoms in total. The summed E-state index contributed by atoms with van der Waals surface area (Å²) in [6, 6.07) is 11.1. The number of aromatic nitrogens is 1. The maximum atomic E-state index is 4.49. The van der Waals surface area contributed by atoms with E-state index in [0.29, 0.717) is 6.04 Å². The summed E-state index contributed by atoms with van der Waals surface area (Å²) in [5, 5.41) is 4.83. The number of benzene rings is 1. The number of hydrogen-bond donors (Lipinski definition) is 1. The fourth-order valence-electron chi connectivity index (χ4n) is 2.45. The normalized spacial score (nSPS) is 19.2. The Kier molecular flexibility index (Phi) is 3.37. The predicted octanol–water partition coefficient (Wildman–Crippen LogP) is 3.43. The Morgan fingerprint density at radius 2 is 2.17 bits per heavy atom. The molecule has 1 aromatic heterocycles. The van der Waals surface area contributed by atoms with E-state index in [1.54, 1.807) is 0 Å². The number of hydrogen-bond acceptors (Lipinski definition) is 2. The summed E-state index contributed by atoms with van der Waals surface area (Å²) in [6.45, 7) is 0.913. The second-order valence-electron chi connectivity index (χ2n) is 4.90. The van der Waals surface area contributed by atoms with E-state index in [4.69, 9.17) is 0 Å². The highest BCUT2D eigenvalue weighted by Crippen LogP contribution is 2.14. The zero-order valence-electron chi connectivity index (χ0n) is 10.5. The second-order valence-corrected chi connectivity index (χ2v) is 4.90. The first kappa shape index (κ1) is 11.4.